The van der Waals surface area contributed by atoms with Gasteiger partial charge in [0.2, 0.25) is 0 Å². The number of carbonyl (C=O) groups is 6. The number of hydrogen-bond acceptors (Lipinski definition) is 14. The zero-order chi connectivity index (χ0) is 45.8. The number of ketones is 1. The van der Waals surface area contributed by atoms with Gasteiger partial charge < -0.3 is 44.3 Å². The molecule has 63 heavy (non-hydrogen) atoms. The predicted molar refractivity (Wildman–Crippen MR) is 218 cm³/mol. The van der Waals surface area contributed by atoms with Crippen molar-refractivity contribution in [2.75, 3.05) is 6.61 Å². The number of rotatable bonds is 10. The lowest BCUT2D eigenvalue weighted by Crippen LogP contribution is -2.82. The number of aliphatic hydroxyl groups is 3. The van der Waals surface area contributed by atoms with E-state index in [-0.39, 0.29) is 29.7 Å². The van der Waals surface area contributed by atoms with Crippen LogP contribution in [0.5, 0.6) is 0 Å². The minimum absolute atomic E-state index is 0.0759. The molecule has 0 radical (unpaired) electrons. The summed E-state index contributed by atoms with van der Waals surface area (Å²) in [6.07, 6.45) is -11.2. The molecule has 15 nitrogen and oxygen atoms in total. The lowest BCUT2D eigenvalue weighted by atomic mass is 9.44. The van der Waals surface area contributed by atoms with Gasteiger partial charge in [0.1, 0.15) is 29.7 Å². The van der Waals surface area contributed by atoms with Gasteiger partial charge in [-0.1, -0.05) is 74.5 Å². The molecule has 1 amide bonds. The summed E-state index contributed by atoms with van der Waals surface area (Å²) < 4.78 is 45.3. The monoisotopic (exact) mass is 871 g/mol. The van der Waals surface area contributed by atoms with Crippen molar-refractivity contribution < 1.29 is 72.2 Å². The molecule has 3 aromatic rings. The second-order valence-electron chi connectivity index (χ2n) is 17.5. The number of hydrogen-bond donors (Lipinski definition) is 4. The van der Waals surface area contributed by atoms with Crippen molar-refractivity contribution in [2.45, 2.75) is 108 Å². The van der Waals surface area contributed by atoms with E-state index in [1.54, 1.807) is 60.7 Å². The van der Waals surface area contributed by atoms with Crippen LogP contribution >= 0.6 is 0 Å². The molecule has 0 unspecified atom stereocenters. The first-order valence-corrected chi connectivity index (χ1v) is 20.6. The van der Waals surface area contributed by atoms with Crippen molar-refractivity contribution >= 4 is 35.6 Å². The highest BCUT2D eigenvalue weighted by Gasteiger charge is 2.78. The fraction of sp³-hybridized carbons (Fsp3) is 0.447. The average Bonchev–Trinajstić information content (AvgIpc) is 3.24. The van der Waals surface area contributed by atoms with Gasteiger partial charge in [0, 0.05) is 37.7 Å². The Morgan fingerprint density at radius 1 is 0.873 bits per heavy atom. The predicted octanol–water partition coefficient (Wildman–Crippen LogP) is 3.87. The number of aliphatic hydroxyl groups excluding tert-OH is 2. The third kappa shape index (κ3) is 7.51. The summed E-state index contributed by atoms with van der Waals surface area (Å²) in [5.41, 5.74) is -8.25. The van der Waals surface area contributed by atoms with E-state index < -0.39 is 124 Å². The van der Waals surface area contributed by atoms with E-state index in [9.17, 15) is 39.3 Å². The van der Waals surface area contributed by atoms with E-state index in [0.29, 0.717) is 5.56 Å². The highest BCUT2D eigenvalue weighted by Crippen LogP contribution is 2.64. The number of esters is 4. The third-order valence-corrected chi connectivity index (χ3v) is 13.6. The van der Waals surface area contributed by atoms with Gasteiger partial charge in [-0.2, -0.15) is 0 Å². The van der Waals surface area contributed by atoms with Gasteiger partial charge >= 0.3 is 23.9 Å². The molecule has 2 saturated carbocycles. The maximum absolute atomic E-state index is 15.5. The average molecular weight is 872 g/mol. The van der Waals surface area contributed by atoms with Crippen molar-refractivity contribution in [3.63, 3.8) is 0 Å². The fourth-order valence-corrected chi connectivity index (χ4v) is 10.2. The maximum Gasteiger partial charge on any atom is 0.341 e. The van der Waals surface area contributed by atoms with Gasteiger partial charge in [0.15, 0.2) is 23.6 Å². The summed E-state index contributed by atoms with van der Waals surface area (Å²) in [6.45, 7) is 7.57. The molecule has 334 valence electrons. The second-order valence-corrected chi connectivity index (χ2v) is 17.5. The number of ether oxygens (including phenoxy) is 5. The summed E-state index contributed by atoms with van der Waals surface area (Å²) in [4.78, 5) is 83.4. The lowest BCUT2D eigenvalue weighted by molar-refractivity contribution is -0.346. The minimum Gasteiger partial charge on any atom is -0.456 e. The quantitative estimate of drug-likeness (QED) is 0.129. The van der Waals surface area contributed by atoms with Gasteiger partial charge in [-0.25, -0.2) is 14.0 Å². The van der Waals surface area contributed by atoms with Crippen molar-refractivity contribution in [3.8, 4) is 0 Å². The van der Waals surface area contributed by atoms with Crippen molar-refractivity contribution in [1.29, 1.82) is 0 Å². The SMILES string of the molecule is CC(=O)O[C@H]1C(=O)[C@@]2(C)[C@H]([C@H](OC(=O)c3ccccc3F)[C@]3(O)C[C@H](OC(=O)[C@H](O)[C@@H](NC(=O)c4ccccc4)c4ccccc4)C(C)=C1C3(C)C)[C@]1(OC(C)=O)CO[C@@H]1C[C@@H]2O. The van der Waals surface area contributed by atoms with Crippen LogP contribution in [-0.2, 0) is 42.9 Å². The molecule has 2 bridgehead atoms. The van der Waals surface area contributed by atoms with Crippen LogP contribution in [0.1, 0.15) is 86.7 Å². The Morgan fingerprint density at radius 3 is 2.08 bits per heavy atom. The molecule has 1 saturated heterocycles. The van der Waals surface area contributed by atoms with Gasteiger partial charge in [-0.15, -0.1) is 0 Å². The fourth-order valence-electron chi connectivity index (χ4n) is 10.2. The number of nitrogens with one attached hydrogen (secondary N) is 1. The van der Waals surface area contributed by atoms with E-state index in [0.717, 1.165) is 26.0 Å². The number of carbonyl (C=O) groups excluding carboxylic acids is 6. The van der Waals surface area contributed by atoms with E-state index in [2.05, 4.69) is 5.32 Å². The molecule has 4 N–H and O–H groups in total. The van der Waals surface area contributed by atoms with Crippen LogP contribution in [0, 0.1) is 22.6 Å². The first-order valence-electron chi connectivity index (χ1n) is 20.6. The molecule has 3 fully saturated rings. The van der Waals surface area contributed by atoms with E-state index >= 15 is 9.18 Å². The highest BCUT2D eigenvalue weighted by atomic mass is 19.1. The Morgan fingerprint density at radius 2 is 1.49 bits per heavy atom. The standard InChI is InChI=1S/C47H50FNO14/c1-24-31(61-43(57)36(53)35(27-15-9-7-10-16-27)49-41(55)28-17-11-8-12-18-28)22-47(58)40(62-42(56)29-19-13-14-20-30(29)48)38-45(6,32(52)21-33-46(38,23-59-33)63-26(3)51)39(54)37(60-25(2)50)34(24)44(47,4)5/h7-20,31-33,35-38,40,52-53,58H,21-23H2,1-6H3,(H,49,55)/t31-,32-,33+,35-,36+,37+,38-,40-,45+,46-,47+/m0/s1. The molecular formula is C47H50FNO14. The summed E-state index contributed by atoms with van der Waals surface area (Å²) in [5, 5.41) is 40.2. The topological polar surface area (TPSA) is 221 Å². The Balaban J connectivity index is 1.40. The van der Waals surface area contributed by atoms with E-state index in [1.165, 1.54) is 39.8 Å². The molecule has 1 aliphatic heterocycles. The zero-order valence-corrected chi connectivity index (χ0v) is 35.5. The highest BCUT2D eigenvalue weighted by molar-refractivity contribution is 5.96. The Kier molecular flexibility index (Phi) is 12.0. The Labute approximate surface area is 362 Å². The van der Waals surface area contributed by atoms with E-state index in [1.807, 2.05) is 0 Å². The summed E-state index contributed by atoms with van der Waals surface area (Å²) in [5.74, 6) is -8.56. The van der Waals surface area contributed by atoms with Crippen molar-refractivity contribution in [3.05, 3.63) is 119 Å². The largest absolute Gasteiger partial charge is 0.456 e. The number of fused-ring (bicyclic) bond motifs is 5. The summed E-state index contributed by atoms with van der Waals surface area (Å²) in [6, 6.07) is 19.7. The van der Waals surface area contributed by atoms with Crippen molar-refractivity contribution in [2.24, 2.45) is 16.7 Å². The molecule has 4 aliphatic rings. The second kappa shape index (κ2) is 16.7. The molecular weight excluding hydrogens is 822 g/mol. The smallest absolute Gasteiger partial charge is 0.341 e. The van der Waals surface area contributed by atoms with Gasteiger partial charge in [-0.05, 0) is 54.8 Å². The van der Waals surface area contributed by atoms with Crippen LogP contribution in [0.25, 0.3) is 0 Å². The van der Waals surface area contributed by atoms with Crippen LogP contribution < -0.4 is 5.32 Å². The van der Waals surface area contributed by atoms with Crippen LogP contribution in [0.4, 0.5) is 4.39 Å². The Bertz CT molecular complexity index is 2350. The third-order valence-electron chi connectivity index (χ3n) is 13.6. The van der Waals surface area contributed by atoms with Crippen LogP contribution in [0.15, 0.2) is 96.1 Å². The number of amides is 1. The normalized spacial score (nSPS) is 31.6. The summed E-state index contributed by atoms with van der Waals surface area (Å²) in [7, 11) is 0. The first kappa shape index (κ1) is 45.2. The molecule has 1 heterocycles. The molecule has 0 spiro atoms. The van der Waals surface area contributed by atoms with Crippen LogP contribution in [-0.4, -0.2) is 105 Å². The summed E-state index contributed by atoms with van der Waals surface area (Å²) >= 11 is 0. The lowest BCUT2D eigenvalue weighted by Gasteiger charge is -2.67. The van der Waals surface area contributed by atoms with Gasteiger partial charge in [0.05, 0.1) is 35.6 Å². The van der Waals surface area contributed by atoms with Gasteiger partial charge in [0.25, 0.3) is 5.91 Å². The van der Waals surface area contributed by atoms with Crippen LogP contribution in [0.3, 0.4) is 0 Å². The minimum atomic E-state index is -2.52. The number of Topliss-reactive ketones (excluding diaryl/α,β-unsaturated/α-hetero) is 1. The Hall–Kier alpha value is -5.81. The number of benzene rings is 3. The van der Waals surface area contributed by atoms with Crippen molar-refractivity contribution in [1.82, 2.24) is 5.32 Å². The molecule has 3 aromatic carbocycles. The molecule has 0 aromatic heterocycles. The molecule has 7 rings (SSSR count). The van der Waals surface area contributed by atoms with E-state index in [4.69, 9.17) is 23.7 Å². The molecule has 16 heteroatoms. The first-order chi connectivity index (χ1) is 29.7. The van der Waals surface area contributed by atoms with Crippen LogP contribution in [0.2, 0.25) is 0 Å². The molecule has 11 atom stereocenters. The number of halogens is 1. The molecule has 3 aliphatic carbocycles. The van der Waals surface area contributed by atoms with Gasteiger partial charge in [-0.3, -0.25) is 19.2 Å². The maximum atomic E-state index is 15.5. The zero-order valence-electron chi connectivity index (χ0n) is 35.5.